The van der Waals surface area contributed by atoms with Crippen molar-refractivity contribution in [2.24, 2.45) is 0 Å². The minimum absolute atomic E-state index is 0.100. The van der Waals surface area contributed by atoms with Gasteiger partial charge >= 0.3 is 0 Å². The molecule has 10 rings (SSSR count). The van der Waals surface area contributed by atoms with Crippen molar-refractivity contribution in [1.82, 2.24) is 9.97 Å². The van der Waals surface area contributed by atoms with Crippen LogP contribution in [0.1, 0.15) is 0 Å². The molecule has 0 amide bonds. The van der Waals surface area contributed by atoms with E-state index in [4.69, 9.17) is 9.97 Å². The second-order valence-corrected chi connectivity index (χ2v) is 18.2. The maximum Gasteiger partial charge on any atom is 0.171 e. The van der Waals surface area contributed by atoms with E-state index in [0.717, 1.165) is 27.5 Å². The Morgan fingerprint density at radius 1 is 0.328 bits per heavy atom. The molecule has 0 N–H and O–H groups in total. The largest absolute Gasteiger partial charge is 0.309 e. The fourth-order valence-corrected chi connectivity index (χ4v) is 10.9. The van der Waals surface area contributed by atoms with Gasteiger partial charge in [-0.05, 0) is 99.8 Å². The van der Waals surface area contributed by atoms with E-state index in [9.17, 15) is 13.3 Å². The van der Waals surface area contributed by atoms with E-state index in [1.807, 2.05) is 115 Å². The Morgan fingerprint density at radius 2 is 0.719 bits per heavy atom. The van der Waals surface area contributed by atoms with E-state index >= 15 is 8.78 Å². The van der Waals surface area contributed by atoms with Crippen LogP contribution in [0.3, 0.4) is 0 Å². The number of aromatic nitrogens is 2. The first-order chi connectivity index (χ1) is 31.2. The van der Waals surface area contributed by atoms with Gasteiger partial charge in [-0.1, -0.05) is 146 Å². The minimum Gasteiger partial charge on any atom is -0.309 e. The standard InChI is InChI=1S/C56H35F4N2OP/c57-41-25-19-39(20-26-41)54-35-55(62-56(61-54)40-21-27-42(58)28-22-40)49-32-31-46(47-13-7-8-14-48(47)49)36-15-17-37(18-16-36)50-33-53(60)51(34-52(50)59)38-23-29-45(30-24-38)64(63,43-9-3-1-4-10-43)44-11-5-2-6-12-44/h1-35H. The normalized spacial score (nSPS) is 11.5. The summed E-state index contributed by atoms with van der Waals surface area (Å²) in [5, 5.41) is 3.82. The van der Waals surface area contributed by atoms with Gasteiger partial charge in [0.25, 0.3) is 0 Å². The SMILES string of the molecule is O=P(c1ccccc1)(c1ccccc1)c1ccc(-c2cc(F)c(-c3ccc(-c4ccc(-c5cc(-c6ccc(F)cc6)nc(-c6ccc(F)cc6)n5)c5ccccc45)cc3)cc2F)cc1. The van der Waals surface area contributed by atoms with Crippen LogP contribution in [0.15, 0.2) is 212 Å². The van der Waals surface area contributed by atoms with Crippen molar-refractivity contribution in [2.45, 2.75) is 0 Å². The maximum absolute atomic E-state index is 16.0. The lowest BCUT2D eigenvalue weighted by Gasteiger charge is -2.20. The van der Waals surface area contributed by atoms with Gasteiger partial charge in [0, 0.05) is 43.7 Å². The third-order valence-electron chi connectivity index (χ3n) is 11.5. The lowest BCUT2D eigenvalue weighted by atomic mass is 9.92. The molecule has 0 aliphatic heterocycles. The van der Waals surface area contributed by atoms with Gasteiger partial charge in [0.15, 0.2) is 13.0 Å². The van der Waals surface area contributed by atoms with Gasteiger partial charge in [0.2, 0.25) is 0 Å². The van der Waals surface area contributed by atoms with Crippen molar-refractivity contribution in [3.05, 3.63) is 236 Å². The molecule has 0 saturated carbocycles. The van der Waals surface area contributed by atoms with Gasteiger partial charge in [0.1, 0.15) is 23.3 Å². The molecule has 0 spiro atoms. The van der Waals surface area contributed by atoms with Gasteiger partial charge in [-0.3, -0.25) is 0 Å². The number of nitrogens with zero attached hydrogens (tertiary/aromatic N) is 2. The van der Waals surface area contributed by atoms with Crippen molar-refractivity contribution in [2.75, 3.05) is 0 Å². The molecule has 0 radical (unpaired) electrons. The summed E-state index contributed by atoms with van der Waals surface area (Å²) in [6.07, 6.45) is 0. The van der Waals surface area contributed by atoms with E-state index in [-0.39, 0.29) is 22.8 Å². The number of halogens is 4. The first-order valence-electron chi connectivity index (χ1n) is 20.6. The molecular formula is C56H35F4N2OP. The van der Waals surface area contributed by atoms with Crippen LogP contribution < -0.4 is 15.9 Å². The Labute approximate surface area is 367 Å². The van der Waals surface area contributed by atoms with Crippen LogP contribution in [0.25, 0.3) is 78.1 Å². The molecular weight excluding hydrogens is 824 g/mol. The van der Waals surface area contributed by atoms with E-state index in [0.29, 0.717) is 55.4 Å². The highest BCUT2D eigenvalue weighted by molar-refractivity contribution is 7.85. The number of rotatable bonds is 9. The lowest BCUT2D eigenvalue weighted by Crippen LogP contribution is -2.24. The summed E-state index contributed by atoms with van der Waals surface area (Å²) in [5.74, 6) is -1.51. The van der Waals surface area contributed by atoms with E-state index < -0.39 is 18.8 Å². The Kier molecular flexibility index (Phi) is 10.6. The van der Waals surface area contributed by atoms with Crippen LogP contribution in [0.5, 0.6) is 0 Å². The molecule has 0 unspecified atom stereocenters. The first-order valence-corrected chi connectivity index (χ1v) is 22.3. The van der Waals surface area contributed by atoms with Crippen molar-refractivity contribution in [3.63, 3.8) is 0 Å². The first kappa shape index (κ1) is 40.3. The minimum atomic E-state index is -3.23. The molecule has 1 aromatic heterocycles. The molecule has 9 aromatic carbocycles. The molecule has 0 aliphatic rings. The monoisotopic (exact) mass is 858 g/mol. The number of hydrogen-bond donors (Lipinski definition) is 0. The summed E-state index contributed by atoms with van der Waals surface area (Å²) in [7, 11) is -3.23. The summed E-state index contributed by atoms with van der Waals surface area (Å²) < 4.78 is 74.6. The number of hydrogen-bond acceptors (Lipinski definition) is 3. The molecule has 308 valence electrons. The Morgan fingerprint density at radius 3 is 1.25 bits per heavy atom. The Bertz CT molecular complexity index is 3260. The summed E-state index contributed by atoms with van der Waals surface area (Å²) >= 11 is 0. The Balaban J connectivity index is 0.964. The van der Waals surface area contributed by atoms with Gasteiger partial charge in [-0.25, -0.2) is 27.5 Å². The topological polar surface area (TPSA) is 42.9 Å². The van der Waals surface area contributed by atoms with E-state index in [2.05, 4.69) is 0 Å². The van der Waals surface area contributed by atoms with Crippen LogP contribution >= 0.6 is 7.14 Å². The molecule has 8 heteroatoms. The third kappa shape index (κ3) is 7.61. The molecule has 0 aliphatic carbocycles. The van der Waals surface area contributed by atoms with Crippen molar-refractivity contribution >= 4 is 33.8 Å². The average Bonchev–Trinajstić information content (AvgIpc) is 3.35. The molecule has 0 fully saturated rings. The second kappa shape index (κ2) is 16.9. The molecule has 1 heterocycles. The molecule has 64 heavy (non-hydrogen) atoms. The van der Waals surface area contributed by atoms with Gasteiger partial charge in [-0.15, -0.1) is 0 Å². The molecule has 0 atom stereocenters. The third-order valence-corrected chi connectivity index (χ3v) is 14.6. The lowest BCUT2D eigenvalue weighted by molar-refractivity contribution is 0.592. The number of benzene rings is 9. The predicted octanol–water partition coefficient (Wildman–Crippen LogP) is 13.8. The predicted molar refractivity (Wildman–Crippen MR) is 251 cm³/mol. The van der Waals surface area contributed by atoms with E-state index in [1.165, 1.54) is 36.4 Å². The van der Waals surface area contributed by atoms with Crippen LogP contribution in [0, 0.1) is 23.3 Å². The fourth-order valence-electron chi connectivity index (χ4n) is 8.25. The van der Waals surface area contributed by atoms with Gasteiger partial charge < -0.3 is 4.57 Å². The Hall–Kier alpha value is -7.73. The maximum atomic E-state index is 16.0. The van der Waals surface area contributed by atoms with E-state index in [1.54, 1.807) is 60.7 Å². The summed E-state index contributed by atoms with van der Waals surface area (Å²) in [5.41, 5.74) is 6.36. The summed E-state index contributed by atoms with van der Waals surface area (Å²) in [6, 6.07) is 61.1. The van der Waals surface area contributed by atoms with Crippen LogP contribution in [0.4, 0.5) is 17.6 Å². The summed E-state index contributed by atoms with van der Waals surface area (Å²) in [6.45, 7) is 0. The van der Waals surface area contributed by atoms with Crippen molar-refractivity contribution < 1.29 is 22.1 Å². The summed E-state index contributed by atoms with van der Waals surface area (Å²) in [4.78, 5) is 9.72. The van der Waals surface area contributed by atoms with Gasteiger partial charge in [0.05, 0.1) is 11.4 Å². The quantitative estimate of drug-likeness (QED) is 0.107. The van der Waals surface area contributed by atoms with Crippen LogP contribution in [-0.2, 0) is 4.57 Å². The highest BCUT2D eigenvalue weighted by Crippen LogP contribution is 2.43. The molecule has 0 bridgehead atoms. The number of fused-ring (bicyclic) bond motifs is 1. The fraction of sp³-hybridized carbons (Fsp3) is 0. The molecule has 10 aromatic rings. The second-order valence-electron chi connectivity index (χ2n) is 15.4. The smallest absolute Gasteiger partial charge is 0.171 e. The average molecular weight is 859 g/mol. The highest BCUT2D eigenvalue weighted by Gasteiger charge is 2.29. The van der Waals surface area contributed by atoms with Gasteiger partial charge in [-0.2, -0.15) is 0 Å². The van der Waals surface area contributed by atoms with Crippen LogP contribution in [0.2, 0.25) is 0 Å². The zero-order valence-electron chi connectivity index (χ0n) is 34.0. The molecule has 3 nitrogen and oxygen atoms in total. The van der Waals surface area contributed by atoms with Crippen molar-refractivity contribution in [3.8, 4) is 67.3 Å². The highest BCUT2D eigenvalue weighted by atomic mass is 31.2. The van der Waals surface area contributed by atoms with Crippen molar-refractivity contribution in [1.29, 1.82) is 0 Å². The van der Waals surface area contributed by atoms with Crippen LogP contribution in [-0.4, -0.2) is 9.97 Å². The zero-order valence-corrected chi connectivity index (χ0v) is 34.9. The molecule has 0 saturated heterocycles. The zero-order chi connectivity index (χ0) is 43.8.